The Morgan fingerprint density at radius 1 is 1.45 bits per heavy atom. The predicted molar refractivity (Wildman–Crippen MR) is 32.7 cm³/mol. The van der Waals surface area contributed by atoms with Crippen molar-refractivity contribution in [2.24, 2.45) is 10.3 Å². The molecule has 0 aromatic carbocycles. The smallest absolute Gasteiger partial charge is 0.265 e. The average molecular weight is 155 g/mol. The summed E-state index contributed by atoms with van der Waals surface area (Å²) >= 11 is 0. The molecule has 2 rings (SSSR count). The fraction of sp³-hybridized carbons (Fsp3) is 0.500. The molecule has 0 amide bonds. The van der Waals surface area contributed by atoms with Gasteiger partial charge in [-0.25, -0.2) is 5.53 Å². The maximum atomic E-state index is 3.68. The summed E-state index contributed by atoms with van der Waals surface area (Å²) in [6.07, 6.45) is -0.340. The standard InChI is InChI=1S/C2H5N9/c3(1-4-8-9-5-1)2-6-10-11-7-2/h1H,(H,4,9)(H,5,8)(H2,3,6,7,10,11). The van der Waals surface area contributed by atoms with Crippen molar-refractivity contribution in [2.45, 2.75) is 6.29 Å². The van der Waals surface area contributed by atoms with E-state index < -0.39 is 0 Å². The number of hydrazine groups is 1. The van der Waals surface area contributed by atoms with Crippen LogP contribution in [-0.2, 0) is 0 Å². The number of rotatable bonds is 2. The van der Waals surface area contributed by atoms with E-state index in [0.717, 1.165) is 0 Å². The third kappa shape index (κ3) is 1.21. The van der Waals surface area contributed by atoms with Crippen LogP contribution in [0.15, 0.2) is 10.3 Å². The van der Waals surface area contributed by atoms with Crippen molar-refractivity contribution < 1.29 is 0 Å². The summed E-state index contributed by atoms with van der Waals surface area (Å²) in [5, 5.41) is 22.9. The van der Waals surface area contributed by atoms with Crippen molar-refractivity contribution in [1.29, 1.82) is 0 Å². The molecule has 0 saturated carbocycles. The van der Waals surface area contributed by atoms with Crippen LogP contribution in [0.4, 0.5) is 5.95 Å². The largest absolute Gasteiger partial charge is 0.315 e. The number of nitrogens with one attached hydrogen (secondary N) is 4. The minimum absolute atomic E-state index is 0.340. The molecule has 0 bridgehead atoms. The van der Waals surface area contributed by atoms with Crippen molar-refractivity contribution in [3.63, 3.8) is 0 Å². The lowest BCUT2D eigenvalue weighted by molar-refractivity contribution is 0.569. The summed E-state index contributed by atoms with van der Waals surface area (Å²) in [7, 11) is 0. The Labute approximate surface area is 60.6 Å². The summed E-state index contributed by atoms with van der Waals surface area (Å²) in [6.45, 7) is 0. The van der Waals surface area contributed by atoms with Gasteiger partial charge in [0.25, 0.3) is 5.95 Å². The zero-order valence-corrected chi connectivity index (χ0v) is 5.31. The zero-order chi connectivity index (χ0) is 7.52. The minimum atomic E-state index is -0.340. The molecule has 11 heavy (non-hydrogen) atoms. The second-order valence-corrected chi connectivity index (χ2v) is 1.75. The summed E-state index contributed by atoms with van der Waals surface area (Å²) in [5.41, 5.74) is 5.12. The fourth-order valence-electron chi connectivity index (χ4n) is 0.616. The molecule has 4 N–H and O–H groups in total. The second kappa shape index (κ2) is 2.46. The van der Waals surface area contributed by atoms with Crippen LogP contribution in [0.1, 0.15) is 0 Å². The number of tetrazole rings is 1. The van der Waals surface area contributed by atoms with Crippen molar-refractivity contribution in [2.75, 3.05) is 5.32 Å². The molecule has 58 valence electrons. The van der Waals surface area contributed by atoms with Crippen molar-refractivity contribution in [3.8, 4) is 0 Å². The van der Waals surface area contributed by atoms with Gasteiger partial charge >= 0.3 is 0 Å². The lowest BCUT2D eigenvalue weighted by Gasteiger charge is -2.03. The number of H-pyrrole nitrogens is 1. The highest BCUT2D eigenvalue weighted by Crippen LogP contribution is 1.96. The number of aromatic amines is 1. The topological polar surface area (TPSA) is 115 Å². The molecule has 0 saturated heterocycles. The third-order valence-corrected chi connectivity index (χ3v) is 1.04. The molecule has 9 heteroatoms. The van der Waals surface area contributed by atoms with Gasteiger partial charge in [-0.2, -0.15) is 10.6 Å². The first-order valence-electron chi connectivity index (χ1n) is 2.85. The Morgan fingerprint density at radius 3 is 3.09 bits per heavy atom. The molecule has 0 spiro atoms. The predicted octanol–water partition coefficient (Wildman–Crippen LogP) is -1.63. The Balaban J connectivity index is 1.95. The Kier molecular flexibility index (Phi) is 1.33. The fourth-order valence-corrected chi connectivity index (χ4v) is 0.616. The van der Waals surface area contributed by atoms with Gasteiger partial charge in [-0.1, -0.05) is 10.3 Å². The highest BCUT2D eigenvalue weighted by molar-refractivity contribution is 5.20. The quantitative estimate of drug-likeness (QED) is 0.407. The van der Waals surface area contributed by atoms with Gasteiger partial charge in [0.2, 0.25) is 6.29 Å². The molecule has 2 heterocycles. The summed E-state index contributed by atoms with van der Waals surface area (Å²) in [6, 6.07) is 0. The van der Waals surface area contributed by atoms with Crippen LogP contribution in [0.2, 0.25) is 0 Å². The van der Waals surface area contributed by atoms with E-state index in [-0.39, 0.29) is 6.29 Å². The molecule has 1 aliphatic rings. The van der Waals surface area contributed by atoms with Gasteiger partial charge in [-0.3, -0.25) is 0 Å². The van der Waals surface area contributed by atoms with Gasteiger partial charge < -0.3 is 5.32 Å². The van der Waals surface area contributed by atoms with E-state index in [1.165, 1.54) is 0 Å². The van der Waals surface area contributed by atoms with Crippen LogP contribution in [0, 0.1) is 0 Å². The van der Waals surface area contributed by atoms with E-state index in [9.17, 15) is 0 Å². The molecule has 1 aliphatic heterocycles. The molecule has 1 unspecified atom stereocenters. The second-order valence-electron chi connectivity index (χ2n) is 1.75. The summed E-state index contributed by atoms with van der Waals surface area (Å²) in [4.78, 5) is 0. The van der Waals surface area contributed by atoms with Gasteiger partial charge in [0.15, 0.2) is 0 Å². The number of hydrogen-bond acceptors (Lipinski definition) is 8. The van der Waals surface area contributed by atoms with E-state index in [1.807, 2.05) is 0 Å². The van der Waals surface area contributed by atoms with Crippen molar-refractivity contribution in [1.82, 2.24) is 31.6 Å². The summed E-state index contributed by atoms with van der Waals surface area (Å²) < 4.78 is 0. The van der Waals surface area contributed by atoms with Gasteiger partial charge in [0.1, 0.15) is 0 Å². The van der Waals surface area contributed by atoms with Crippen LogP contribution in [0.5, 0.6) is 0 Å². The monoisotopic (exact) mass is 155 g/mol. The maximum Gasteiger partial charge on any atom is 0.265 e. The SMILES string of the molecule is N1=NC(Nc2nn[nH]n2)NN1. The first-order chi connectivity index (χ1) is 5.45. The van der Waals surface area contributed by atoms with Crippen LogP contribution >= 0.6 is 0 Å². The molecule has 1 aromatic heterocycles. The van der Waals surface area contributed by atoms with Gasteiger partial charge in [0, 0.05) is 0 Å². The highest BCUT2D eigenvalue weighted by atomic mass is 15.7. The molecule has 0 fully saturated rings. The van der Waals surface area contributed by atoms with Crippen LogP contribution in [0.25, 0.3) is 0 Å². The number of aromatic nitrogens is 4. The van der Waals surface area contributed by atoms with Crippen molar-refractivity contribution in [3.05, 3.63) is 0 Å². The Bertz CT molecular complexity index is 236. The summed E-state index contributed by atoms with van der Waals surface area (Å²) in [5.74, 6) is 0.366. The molecule has 1 atom stereocenters. The molecular weight excluding hydrogens is 150 g/mol. The van der Waals surface area contributed by atoms with E-state index in [2.05, 4.69) is 47.2 Å². The van der Waals surface area contributed by atoms with E-state index in [1.54, 1.807) is 0 Å². The van der Waals surface area contributed by atoms with E-state index in [4.69, 9.17) is 0 Å². The number of nitrogens with zero attached hydrogens (tertiary/aromatic N) is 5. The molecule has 1 aromatic rings. The first kappa shape index (κ1) is 5.97. The van der Waals surface area contributed by atoms with E-state index in [0.29, 0.717) is 5.95 Å². The number of hydrogen-bond donors (Lipinski definition) is 4. The van der Waals surface area contributed by atoms with Crippen LogP contribution < -0.4 is 16.3 Å². The number of anilines is 1. The van der Waals surface area contributed by atoms with Gasteiger partial charge in [-0.05, 0) is 5.21 Å². The van der Waals surface area contributed by atoms with Crippen LogP contribution in [0.3, 0.4) is 0 Å². The van der Waals surface area contributed by atoms with Gasteiger partial charge in [-0.15, -0.1) is 10.2 Å². The molecule has 0 aliphatic carbocycles. The lowest BCUT2D eigenvalue weighted by Crippen LogP contribution is -2.36. The Hall–Kier alpha value is -1.77. The van der Waals surface area contributed by atoms with Gasteiger partial charge in [0.05, 0.1) is 0 Å². The molecule has 9 nitrogen and oxygen atoms in total. The van der Waals surface area contributed by atoms with Crippen molar-refractivity contribution >= 4 is 5.95 Å². The van der Waals surface area contributed by atoms with Crippen LogP contribution in [-0.4, -0.2) is 26.9 Å². The molecule has 0 radical (unpaired) electrons. The zero-order valence-electron chi connectivity index (χ0n) is 5.31. The highest BCUT2D eigenvalue weighted by Gasteiger charge is 2.11. The Morgan fingerprint density at radius 2 is 2.45 bits per heavy atom. The molecular formula is C2H5N9. The third-order valence-electron chi connectivity index (χ3n) is 1.04. The lowest BCUT2D eigenvalue weighted by atomic mass is 10.8. The van der Waals surface area contributed by atoms with E-state index >= 15 is 0 Å². The maximum absolute atomic E-state index is 3.68. The normalized spacial score (nSPS) is 21.6. The first-order valence-corrected chi connectivity index (χ1v) is 2.85. The average Bonchev–Trinajstić information content (AvgIpc) is 2.60. The minimum Gasteiger partial charge on any atom is -0.315 e.